The highest BCUT2D eigenvalue weighted by molar-refractivity contribution is 7.57. The molecule has 1 saturated heterocycles. The summed E-state index contributed by atoms with van der Waals surface area (Å²) in [6.07, 6.45) is -7.94. The predicted octanol–water partition coefficient (Wildman–Crippen LogP) is 3.58. The van der Waals surface area contributed by atoms with Gasteiger partial charge in [0.05, 0.1) is 12.3 Å². The van der Waals surface area contributed by atoms with Crippen molar-refractivity contribution < 1.29 is 43.0 Å². The summed E-state index contributed by atoms with van der Waals surface area (Å²) in [5.41, 5.74) is 3.94. The van der Waals surface area contributed by atoms with Crippen LogP contribution in [0.2, 0.25) is 0 Å². The second-order valence-electron chi connectivity index (χ2n) is 9.50. The third-order valence-electron chi connectivity index (χ3n) is 6.92. The molecule has 3 aromatic rings. The van der Waals surface area contributed by atoms with Crippen molar-refractivity contribution in [1.82, 2.24) is 0 Å². The summed E-state index contributed by atoms with van der Waals surface area (Å²) in [6.45, 7) is 0. The number of halogens is 2. The van der Waals surface area contributed by atoms with Crippen molar-refractivity contribution in [1.29, 1.82) is 0 Å². The summed E-state index contributed by atoms with van der Waals surface area (Å²) in [5, 5.41) is 31.3. The van der Waals surface area contributed by atoms with Crippen molar-refractivity contribution in [3.05, 3.63) is 89.0 Å². The van der Waals surface area contributed by atoms with Gasteiger partial charge in [-0.3, -0.25) is 4.57 Å². The maximum absolute atomic E-state index is 13.9. The van der Waals surface area contributed by atoms with Gasteiger partial charge in [0.1, 0.15) is 35.7 Å². The number of hydrogen-bond donors (Lipinski definition) is 4. The fourth-order valence-corrected chi connectivity index (χ4v) is 6.53. The van der Waals surface area contributed by atoms with Gasteiger partial charge >= 0.3 is 0 Å². The average Bonchev–Trinajstić information content (AvgIpc) is 3.24. The van der Waals surface area contributed by atoms with Gasteiger partial charge < -0.3 is 29.7 Å². The van der Waals surface area contributed by atoms with E-state index in [1.165, 1.54) is 5.56 Å². The normalized spacial score (nSPS) is 26.3. The van der Waals surface area contributed by atoms with Gasteiger partial charge in [-0.25, -0.2) is 8.78 Å². The van der Waals surface area contributed by atoms with Crippen molar-refractivity contribution in [2.24, 2.45) is 0 Å². The molecule has 6 atom stereocenters. The molecule has 0 aromatic heterocycles. The van der Waals surface area contributed by atoms with Crippen LogP contribution in [0.15, 0.2) is 60.7 Å². The SMILES string of the molecule is O=P(O)(CC[C@H]1OC(Oc2ccc3c(c2)Cc2ccccc2-3)[C@@H](O)[C@@H](O)[C@@H]1O)Cc1c(F)cccc1F. The van der Waals surface area contributed by atoms with Crippen molar-refractivity contribution in [3.8, 4) is 16.9 Å². The molecule has 1 fully saturated rings. The molecule has 0 amide bonds. The number of rotatable bonds is 7. The second kappa shape index (κ2) is 10.3. The molecule has 4 N–H and O–H groups in total. The predicted molar refractivity (Wildman–Crippen MR) is 131 cm³/mol. The van der Waals surface area contributed by atoms with Gasteiger partial charge in [-0.1, -0.05) is 36.4 Å². The van der Waals surface area contributed by atoms with E-state index in [4.69, 9.17) is 9.47 Å². The topological polar surface area (TPSA) is 116 Å². The Morgan fingerprint density at radius 1 is 0.892 bits per heavy atom. The van der Waals surface area contributed by atoms with E-state index in [1.54, 1.807) is 6.07 Å². The fraction of sp³-hybridized carbons (Fsp3) is 0.333. The maximum atomic E-state index is 13.9. The summed E-state index contributed by atoms with van der Waals surface area (Å²) in [7, 11) is -4.08. The van der Waals surface area contributed by atoms with Gasteiger partial charge in [0.25, 0.3) is 0 Å². The van der Waals surface area contributed by atoms with Crippen LogP contribution in [0.25, 0.3) is 11.1 Å². The molecule has 0 bridgehead atoms. The third-order valence-corrected chi connectivity index (χ3v) is 8.68. The Labute approximate surface area is 212 Å². The molecule has 1 aliphatic heterocycles. The molecule has 2 unspecified atom stereocenters. The average molecular weight is 532 g/mol. The molecule has 0 radical (unpaired) electrons. The van der Waals surface area contributed by atoms with E-state index < -0.39 is 67.6 Å². The first-order valence-electron chi connectivity index (χ1n) is 11.9. The molecule has 0 spiro atoms. The molecule has 196 valence electrons. The van der Waals surface area contributed by atoms with Gasteiger partial charge in [-0.2, -0.15) is 0 Å². The van der Waals surface area contributed by atoms with Gasteiger partial charge in [0.2, 0.25) is 13.7 Å². The third kappa shape index (κ3) is 5.34. The highest BCUT2D eigenvalue weighted by atomic mass is 31.2. The van der Waals surface area contributed by atoms with Gasteiger partial charge in [-0.05, 0) is 59.4 Å². The van der Waals surface area contributed by atoms with Crippen LogP contribution < -0.4 is 4.74 Å². The molecular formula is C27H27F2O7P. The molecule has 3 aromatic carbocycles. The Kier molecular flexibility index (Phi) is 7.20. The Morgan fingerprint density at radius 2 is 1.59 bits per heavy atom. The highest BCUT2D eigenvalue weighted by Crippen LogP contribution is 2.47. The van der Waals surface area contributed by atoms with Crippen molar-refractivity contribution in [2.75, 3.05) is 6.16 Å². The van der Waals surface area contributed by atoms with Crippen LogP contribution in [0.4, 0.5) is 8.78 Å². The van der Waals surface area contributed by atoms with Gasteiger partial charge in [-0.15, -0.1) is 0 Å². The van der Waals surface area contributed by atoms with E-state index in [1.807, 2.05) is 36.4 Å². The minimum absolute atomic E-state index is 0.214. The lowest BCUT2D eigenvalue weighted by Gasteiger charge is -2.40. The number of ether oxygens (including phenoxy) is 2. The van der Waals surface area contributed by atoms with Crippen LogP contribution in [-0.4, -0.2) is 57.1 Å². The minimum Gasteiger partial charge on any atom is -0.462 e. The van der Waals surface area contributed by atoms with E-state index in [-0.39, 0.29) is 6.42 Å². The van der Waals surface area contributed by atoms with Crippen LogP contribution >= 0.6 is 7.37 Å². The zero-order valence-corrected chi connectivity index (χ0v) is 20.6. The van der Waals surface area contributed by atoms with Crippen molar-refractivity contribution in [3.63, 3.8) is 0 Å². The van der Waals surface area contributed by atoms with Crippen LogP contribution in [0.1, 0.15) is 23.1 Å². The number of aliphatic hydroxyl groups is 3. The Hall–Kier alpha value is -2.65. The largest absolute Gasteiger partial charge is 0.462 e. The first-order chi connectivity index (χ1) is 17.6. The standard InChI is InChI=1S/C27H27F2O7P/c28-21-6-3-7-22(29)20(21)14-37(33,34)11-10-23-24(30)25(31)26(32)27(36-23)35-17-8-9-19-16(13-17)12-15-4-1-2-5-18(15)19/h1-9,13,23-27,30-32H,10-12,14H2,(H,33,34)/t23-,24-,25+,26+,27?/m1/s1. The zero-order valence-electron chi connectivity index (χ0n) is 19.7. The lowest BCUT2D eigenvalue weighted by Crippen LogP contribution is -2.59. The monoisotopic (exact) mass is 532 g/mol. The smallest absolute Gasteiger partial charge is 0.229 e. The lowest BCUT2D eigenvalue weighted by atomic mass is 9.97. The summed E-state index contributed by atoms with van der Waals surface area (Å²) >= 11 is 0. The Bertz CT molecular complexity index is 1330. The van der Waals surface area contributed by atoms with Crippen molar-refractivity contribution >= 4 is 7.37 Å². The molecule has 1 heterocycles. The quantitative estimate of drug-likeness (QED) is 0.269. The Morgan fingerprint density at radius 3 is 2.35 bits per heavy atom. The summed E-state index contributed by atoms with van der Waals surface area (Å²) in [4.78, 5) is 10.4. The molecule has 5 rings (SSSR count). The number of benzene rings is 3. The van der Waals surface area contributed by atoms with E-state index >= 15 is 0 Å². The minimum atomic E-state index is -4.08. The van der Waals surface area contributed by atoms with Crippen LogP contribution in [-0.2, 0) is 21.9 Å². The van der Waals surface area contributed by atoms with E-state index in [0.29, 0.717) is 5.75 Å². The van der Waals surface area contributed by atoms with Crippen molar-refractivity contribution in [2.45, 2.75) is 49.7 Å². The molecule has 2 aliphatic rings. The first kappa shape index (κ1) is 26.0. The summed E-state index contributed by atoms with van der Waals surface area (Å²) < 4.78 is 52.1. The Balaban J connectivity index is 1.26. The second-order valence-corrected chi connectivity index (χ2v) is 12.0. The zero-order chi connectivity index (χ0) is 26.3. The lowest BCUT2D eigenvalue weighted by molar-refractivity contribution is -0.272. The number of aliphatic hydroxyl groups excluding tert-OH is 3. The van der Waals surface area contributed by atoms with Crippen LogP contribution in [0, 0.1) is 11.6 Å². The highest BCUT2D eigenvalue weighted by Gasteiger charge is 2.45. The van der Waals surface area contributed by atoms with E-state index in [2.05, 4.69) is 0 Å². The van der Waals surface area contributed by atoms with Gasteiger partial charge in [0.15, 0.2) is 0 Å². The molecule has 7 nitrogen and oxygen atoms in total. The fourth-order valence-electron chi connectivity index (χ4n) is 4.92. The molecular weight excluding hydrogens is 505 g/mol. The van der Waals surface area contributed by atoms with E-state index in [0.717, 1.165) is 41.3 Å². The summed E-state index contributed by atoms with van der Waals surface area (Å²) in [6, 6.07) is 16.6. The first-order valence-corrected chi connectivity index (χ1v) is 14.0. The molecule has 0 saturated carbocycles. The summed E-state index contributed by atoms with van der Waals surface area (Å²) in [5.74, 6) is -1.46. The molecule has 37 heavy (non-hydrogen) atoms. The molecule has 1 aliphatic carbocycles. The van der Waals surface area contributed by atoms with Crippen LogP contribution in [0.3, 0.4) is 0 Å². The van der Waals surface area contributed by atoms with Crippen LogP contribution in [0.5, 0.6) is 5.75 Å². The van der Waals surface area contributed by atoms with Gasteiger partial charge in [0, 0.05) is 11.7 Å². The number of fused-ring (bicyclic) bond motifs is 3. The molecule has 10 heteroatoms. The van der Waals surface area contributed by atoms with E-state index in [9.17, 15) is 33.6 Å². The maximum Gasteiger partial charge on any atom is 0.229 e. The number of hydrogen-bond acceptors (Lipinski definition) is 6.